The average molecular weight is 449 g/mol. The van der Waals surface area contributed by atoms with E-state index < -0.39 is 18.3 Å². The van der Waals surface area contributed by atoms with Gasteiger partial charge in [0.15, 0.2) is 0 Å². The molecule has 1 amide bonds. The highest BCUT2D eigenvalue weighted by atomic mass is 19.4. The summed E-state index contributed by atoms with van der Waals surface area (Å²) in [5.74, 6) is -0.114. The van der Waals surface area contributed by atoms with Gasteiger partial charge >= 0.3 is 6.18 Å². The van der Waals surface area contributed by atoms with E-state index in [1.54, 1.807) is 30.2 Å². The van der Waals surface area contributed by atoms with Crippen LogP contribution in [0.15, 0.2) is 29.3 Å². The van der Waals surface area contributed by atoms with Crippen molar-refractivity contribution in [3.8, 4) is 5.95 Å². The Morgan fingerprint density at radius 2 is 2.06 bits per heavy atom. The number of nitrogens with one attached hydrogen (secondary N) is 1. The lowest BCUT2D eigenvalue weighted by atomic mass is 9.73. The van der Waals surface area contributed by atoms with E-state index in [1.165, 1.54) is 20.3 Å². The smallest absolute Gasteiger partial charge is 0.335 e. The van der Waals surface area contributed by atoms with Crippen molar-refractivity contribution in [1.82, 2.24) is 34.2 Å². The van der Waals surface area contributed by atoms with Crippen LogP contribution in [0.5, 0.6) is 0 Å². The molecule has 32 heavy (non-hydrogen) atoms. The molecule has 3 aromatic rings. The van der Waals surface area contributed by atoms with Gasteiger partial charge in [-0.3, -0.25) is 19.5 Å². The van der Waals surface area contributed by atoms with Gasteiger partial charge in [-0.15, -0.1) is 5.10 Å². The molecule has 1 spiro atoms. The summed E-state index contributed by atoms with van der Waals surface area (Å²) in [5, 5.41) is 8.56. The van der Waals surface area contributed by atoms with Crippen LogP contribution >= 0.6 is 0 Å². The van der Waals surface area contributed by atoms with Gasteiger partial charge < -0.3 is 4.90 Å². The molecule has 5 rings (SSSR count). The second kappa shape index (κ2) is 7.19. The zero-order valence-corrected chi connectivity index (χ0v) is 17.4. The largest absolute Gasteiger partial charge is 0.401 e. The predicted octanol–water partition coefficient (Wildman–Crippen LogP) is 1.76. The molecule has 3 aromatic heterocycles. The molecule has 0 radical (unpaired) electrons. The molecule has 4 heterocycles. The minimum atomic E-state index is -4.27. The van der Waals surface area contributed by atoms with Gasteiger partial charge in [0.1, 0.15) is 5.52 Å². The molecule has 170 valence electrons. The number of rotatable bonds is 3. The Morgan fingerprint density at radius 3 is 2.75 bits per heavy atom. The highest BCUT2D eigenvalue weighted by Gasteiger charge is 2.50. The number of amides is 1. The van der Waals surface area contributed by atoms with Gasteiger partial charge in [-0.1, -0.05) is 0 Å². The van der Waals surface area contributed by atoms with Crippen LogP contribution in [0.4, 0.5) is 13.2 Å². The van der Waals surface area contributed by atoms with E-state index >= 15 is 0 Å². The molecular weight excluding hydrogens is 427 g/mol. The summed E-state index contributed by atoms with van der Waals surface area (Å²) in [5.41, 5.74) is 0.261. The predicted molar refractivity (Wildman–Crippen MR) is 108 cm³/mol. The zero-order valence-electron chi connectivity index (χ0n) is 17.4. The van der Waals surface area contributed by atoms with Crippen LogP contribution in [0.2, 0.25) is 0 Å². The Hall–Kier alpha value is -3.15. The number of fused-ring (bicyclic) bond motifs is 1. The summed E-state index contributed by atoms with van der Waals surface area (Å²) in [6.45, 7) is 1.40. The van der Waals surface area contributed by atoms with Crippen molar-refractivity contribution < 1.29 is 18.0 Å². The van der Waals surface area contributed by atoms with Crippen LogP contribution in [0, 0.1) is 6.92 Å². The molecule has 1 saturated carbocycles. The fourth-order valence-electron chi connectivity index (χ4n) is 4.74. The zero-order chi connectivity index (χ0) is 22.7. The number of hydrogen-bond acceptors (Lipinski definition) is 5. The first kappa shape index (κ1) is 20.7. The minimum Gasteiger partial charge on any atom is -0.335 e. The maximum atomic E-state index is 13.3. The monoisotopic (exact) mass is 449 g/mol. The van der Waals surface area contributed by atoms with Gasteiger partial charge in [0, 0.05) is 31.4 Å². The third kappa shape index (κ3) is 3.38. The summed E-state index contributed by atoms with van der Waals surface area (Å²) in [6, 6.07) is 3.33. The molecule has 9 nitrogen and oxygen atoms in total. The molecular formula is C20H22F3N7O2. The highest BCUT2D eigenvalue weighted by Crippen LogP contribution is 2.42. The lowest BCUT2D eigenvalue weighted by Crippen LogP contribution is -2.67. The second-order valence-electron chi connectivity index (χ2n) is 8.51. The summed E-state index contributed by atoms with van der Waals surface area (Å²) in [4.78, 5) is 31.3. The topological polar surface area (TPSA) is 91.5 Å². The standard InChI is InChI=1S/C20H22F3N7O2/c1-13-14(10-24-30(13)18-25-16(31)15-4-2-7-29(15)26-18)17(32)27-8-9-28(12-20(21,22)23)19(11-27)5-3-6-19/h2,4,7,10H,3,5-6,8-9,11-12H2,1H3,(H,25,26,31). The number of piperazine rings is 1. The molecule has 1 N–H and O–H groups in total. The maximum absolute atomic E-state index is 13.3. The number of H-pyrrole nitrogens is 1. The summed E-state index contributed by atoms with van der Waals surface area (Å²) in [7, 11) is 0. The van der Waals surface area contributed by atoms with E-state index in [2.05, 4.69) is 15.2 Å². The van der Waals surface area contributed by atoms with Crippen molar-refractivity contribution in [2.24, 2.45) is 0 Å². The Morgan fingerprint density at radius 1 is 1.28 bits per heavy atom. The van der Waals surface area contributed by atoms with Crippen molar-refractivity contribution >= 4 is 11.4 Å². The van der Waals surface area contributed by atoms with Crippen LogP contribution in [0.25, 0.3) is 11.5 Å². The number of alkyl halides is 3. The molecule has 0 atom stereocenters. The summed E-state index contributed by atoms with van der Waals surface area (Å²) in [6.07, 6.45) is 0.927. The number of aromatic amines is 1. The molecule has 2 fully saturated rings. The fourth-order valence-corrected chi connectivity index (χ4v) is 4.74. The first-order chi connectivity index (χ1) is 15.2. The molecule has 0 bridgehead atoms. The number of carbonyl (C=O) groups is 1. The quantitative estimate of drug-likeness (QED) is 0.658. The van der Waals surface area contributed by atoms with Crippen molar-refractivity contribution in [3.63, 3.8) is 0 Å². The molecule has 1 aliphatic heterocycles. The van der Waals surface area contributed by atoms with Crippen molar-refractivity contribution in [2.45, 2.75) is 37.9 Å². The minimum absolute atomic E-state index is 0.167. The van der Waals surface area contributed by atoms with Crippen molar-refractivity contribution in [1.29, 1.82) is 0 Å². The van der Waals surface area contributed by atoms with E-state index in [-0.39, 0.29) is 37.0 Å². The molecule has 2 aliphatic rings. The molecule has 12 heteroatoms. The van der Waals surface area contributed by atoms with Gasteiger partial charge in [-0.2, -0.15) is 18.3 Å². The van der Waals surface area contributed by atoms with Crippen LogP contribution in [-0.2, 0) is 0 Å². The molecule has 0 aromatic carbocycles. The van der Waals surface area contributed by atoms with Gasteiger partial charge in [-0.25, -0.2) is 9.20 Å². The first-order valence-corrected chi connectivity index (χ1v) is 10.4. The second-order valence-corrected chi connectivity index (χ2v) is 8.51. The normalized spacial score (nSPS) is 18.9. The Bertz CT molecular complexity index is 1240. The van der Waals surface area contributed by atoms with Crippen molar-refractivity contribution in [3.05, 3.63) is 46.1 Å². The van der Waals surface area contributed by atoms with Crippen LogP contribution in [0.3, 0.4) is 0 Å². The van der Waals surface area contributed by atoms with Gasteiger partial charge in [0.25, 0.3) is 11.5 Å². The summed E-state index contributed by atoms with van der Waals surface area (Å²) >= 11 is 0. The Labute approximate surface area is 180 Å². The number of hydrogen-bond donors (Lipinski definition) is 1. The van der Waals surface area contributed by atoms with Crippen LogP contribution < -0.4 is 5.56 Å². The highest BCUT2D eigenvalue weighted by molar-refractivity contribution is 5.95. The lowest BCUT2D eigenvalue weighted by molar-refractivity contribution is -0.175. The van der Waals surface area contributed by atoms with Crippen LogP contribution in [-0.4, -0.2) is 78.0 Å². The Balaban J connectivity index is 1.40. The first-order valence-electron chi connectivity index (χ1n) is 10.4. The lowest BCUT2D eigenvalue weighted by Gasteiger charge is -2.56. The number of halogens is 3. The summed E-state index contributed by atoms with van der Waals surface area (Å²) < 4.78 is 41.9. The molecule has 1 saturated heterocycles. The third-order valence-corrected chi connectivity index (χ3v) is 6.57. The van der Waals surface area contributed by atoms with Crippen LogP contribution in [0.1, 0.15) is 35.3 Å². The third-order valence-electron chi connectivity index (χ3n) is 6.57. The van der Waals surface area contributed by atoms with E-state index in [4.69, 9.17) is 0 Å². The van der Waals surface area contributed by atoms with Gasteiger partial charge in [0.2, 0.25) is 5.95 Å². The maximum Gasteiger partial charge on any atom is 0.401 e. The molecule has 1 aliphatic carbocycles. The van der Waals surface area contributed by atoms with E-state index in [0.29, 0.717) is 29.6 Å². The number of nitrogens with zero attached hydrogens (tertiary/aromatic N) is 6. The molecule has 0 unspecified atom stereocenters. The Kier molecular flexibility index (Phi) is 4.66. The number of carbonyl (C=O) groups excluding carboxylic acids is 1. The van der Waals surface area contributed by atoms with Crippen molar-refractivity contribution in [2.75, 3.05) is 26.2 Å². The van der Waals surface area contributed by atoms with E-state index in [9.17, 15) is 22.8 Å². The van der Waals surface area contributed by atoms with Gasteiger partial charge in [0.05, 0.1) is 24.0 Å². The average Bonchev–Trinajstić information content (AvgIpc) is 3.32. The fraction of sp³-hybridized carbons (Fsp3) is 0.500. The van der Waals surface area contributed by atoms with Gasteiger partial charge in [-0.05, 0) is 38.3 Å². The van der Waals surface area contributed by atoms with E-state index in [1.807, 2.05) is 0 Å². The number of aromatic nitrogens is 5. The SMILES string of the molecule is Cc1c(C(=O)N2CCN(CC(F)(F)F)C3(CCC3)C2)cnn1-c1nn2cccc2c(=O)[nH]1. The van der Waals surface area contributed by atoms with E-state index in [0.717, 1.165) is 6.42 Å².